The molecule has 0 aliphatic carbocycles. The molecule has 7 nitrogen and oxygen atoms in total. The van der Waals surface area contributed by atoms with E-state index in [0.29, 0.717) is 50.4 Å². The average Bonchev–Trinajstić information content (AvgIpc) is 3.47. The maximum atomic E-state index is 13.1. The molecule has 10 heteroatoms. The first-order valence-electron chi connectivity index (χ1n) is 14.1. The van der Waals surface area contributed by atoms with Gasteiger partial charge in [0, 0.05) is 23.1 Å². The number of amides is 1. The van der Waals surface area contributed by atoms with Gasteiger partial charge in [-0.3, -0.25) is 4.79 Å². The Morgan fingerprint density at radius 1 is 0.956 bits per heavy atom. The minimum atomic E-state index is -4.45. The molecule has 0 unspecified atom stereocenters. The molecule has 0 aliphatic rings. The Morgan fingerprint density at radius 3 is 2.27 bits per heavy atom. The summed E-state index contributed by atoms with van der Waals surface area (Å²) in [5.74, 6) is -0.694. The van der Waals surface area contributed by atoms with E-state index in [1.165, 1.54) is 13.2 Å². The van der Waals surface area contributed by atoms with Gasteiger partial charge in [-0.05, 0) is 71.1 Å². The van der Waals surface area contributed by atoms with Crippen LogP contribution in [-0.2, 0) is 22.1 Å². The van der Waals surface area contributed by atoms with Crippen LogP contribution in [-0.4, -0.2) is 30.0 Å². The fourth-order valence-electron chi connectivity index (χ4n) is 4.96. The Kier molecular flexibility index (Phi) is 8.73. The number of oxazole rings is 1. The van der Waals surface area contributed by atoms with E-state index in [1.54, 1.807) is 66.7 Å². The molecule has 0 radical (unpaired) electrons. The lowest BCUT2D eigenvalue weighted by molar-refractivity contribution is -0.143. The van der Waals surface area contributed by atoms with Crippen LogP contribution in [0, 0.1) is 11.3 Å². The highest BCUT2D eigenvalue weighted by Crippen LogP contribution is 2.33. The van der Waals surface area contributed by atoms with E-state index in [0.717, 1.165) is 17.7 Å². The van der Waals surface area contributed by atoms with Crippen molar-refractivity contribution >= 4 is 23.0 Å². The topological polar surface area (TPSA) is 105 Å². The van der Waals surface area contributed by atoms with Crippen molar-refractivity contribution in [2.75, 3.05) is 7.11 Å². The quantitative estimate of drug-likeness (QED) is 0.180. The highest BCUT2D eigenvalue weighted by atomic mass is 19.4. The summed E-state index contributed by atoms with van der Waals surface area (Å²) < 4.78 is 50.3. The second-order valence-electron chi connectivity index (χ2n) is 10.8. The average molecular weight is 612 g/mol. The molecule has 5 aromatic rings. The van der Waals surface area contributed by atoms with Crippen molar-refractivity contribution in [3.05, 3.63) is 113 Å². The van der Waals surface area contributed by atoms with Crippen LogP contribution in [0.4, 0.5) is 13.2 Å². The van der Waals surface area contributed by atoms with Gasteiger partial charge in [-0.1, -0.05) is 50.2 Å². The number of fused-ring (bicyclic) bond motifs is 1. The molecule has 228 valence electrons. The number of rotatable bonds is 8. The van der Waals surface area contributed by atoms with Crippen molar-refractivity contribution in [2.24, 2.45) is 0 Å². The first-order chi connectivity index (χ1) is 21.5. The normalized spacial score (nSPS) is 12.1. The number of esters is 1. The zero-order chi connectivity index (χ0) is 32.3. The molecule has 5 rings (SSSR count). The maximum Gasteiger partial charge on any atom is 0.416 e. The Morgan fingerprint density at radius 2 is 1.64 bits per heavy atom. The largest absolute Gasteiger partial charge is 0.467 e. The molecule has 0 fully saturated rings. The SMILES string of the molecule is COC(=O)[C@H](Cc1ccc(-c2cccc(C(F)(F)F)c2)cc1)NC(=O)c1ccc(-c2nc3cc(C#N)cc(C(C)C)c3o2)cc1. The van der Waals surface area contributed by atoms with Crippen molar-refractivity contribution < 1.29 is 31.9 Å². The fraction of sp³-hybridized carbons (Fsp3) is 0.200. The lowest BCUT2D eigenvalue weighted by Gasteiger charge is -2.17. The van der Waals surface area contributed by atoms with Crippen LogP contribution < -0.4 is 5.32 Å². The number of ether oxygens (including phenoxy) is 1. The van der Waals surface area contributed by atoms with Crippen LogP contribution >= 0.6 is 0 Å². The third-order valence-corrected chi connectivity index (χ3v) is 7.37. The van der Waals surface area contributed by atoms with Crippen molar-refractivity contribution in [3.63, 3.8) is 0 Å². The predicted octanol–water partition coefficient (Wildman–Crippen LogP) is 7.69. The monoisotopic (exact) mass is 611 g/mol. The number of carbonyl (C=O) groups excluding carboxylic acids is 2. The van der Waals surface area contributed by atoms with Crippen molar-refractivity contribution in [3.8, 4) is 28.7 Å². The summed E-state index contributed by atoms with van der Waals surface area (Å²) in [5.41, 5.74) is 4.36. The van der Waals surface area contributed by atoms with E-state index in [1.807, 2.05) is 13.8 Å². The molecule has 1 heterocycles. The minimum absolute atomic E-state index is 0.102. The zero-order valence-corrected chi connectivity index (χ0v) is 24.6. The molecule has 45 heavy (non-hydrogen) atoms. The number of halogens is 3. The summed E-state index contributed by atoms with van der Waals surface area (Å²) >= 11 is 0. The second kappa shape index (κ2) is 12.7. The van der Waals surface area contributed by atoms with Crippen LogP contribution in [0.5, 0.6) is 0 Å². The second-order valence-corrected chi connectivity index (χ2v) is 10.8. The van der Waals surface area contributed by atoms with Crippen molar-refractivity contribution in [2.45, 2.75) is 38.4 Å². The summed E-state index contributed by atoms with van der Waals surface area (Å²) in [6.07, 6.45) is -4.35. The van der Waals surface area contributed by atoms with E-state index >= 15 is 0 Å². The van der Waals surface area contributed by atoms with Gasteiger partial charge in [0.05, 0.1) is 24.3 Å². The van der Waals surface area contributed by atoms with Gasteiger partial charge in [-0.25, -0.2) is 9.78 Å². The molecule has 1 atom stereocenters. The number of hydrogen-bond acceptors (Lipinski definition) is 6. The van der Waals surface area contributed by atoms with Crippen LogP contribution in [0.25, 0.3) is 33.7 Å². The molecule has 1 aromatic heterocycles. The minimum Gasteiger partial charge on any atom is -0.467 e. The van der Waals surface area contributed by atoms with Gasteiger partial charge < -0.3 is 14.5 Å². The third kappa shape index (κ3) is 6.88. The third-order valence-electron chi connectivity index (χ3n) is 7.37. The van der Waals surface area contributed by atoms with E-state index < -0.39 is 29.7 Å². The van der Waals surface area contributed by atoms with Gasteiger partial charge in [-0.2, -0.15) is 18.4 Å². The standard InChI is InChI=1S/C35H28F3N3O4/c1-20(2)28-15-22(19-39)17-29-31(28)45-33(41-29)25-13-11-24(12-14-25)32(42)40-30(34(43)44-3)16-21-7-9-23(10-8-21)26-5-4-6-27(18-26)35(36,37)38/h4-15,17-18,20,30H,16H2,1-3H3,(H,40,42)/t30-/m0/s1. The number of nitriles is 1. The van der Waals surface area contributed by atoms with Crippen LogP contribution in [0.3, 0.4) is 0 Å². The number of methoxy groups -OCH3 is 1. The molecule has 0 saturated carbocycles. The van der Waals surface area contributed by atoms with Crippen molar-refractivity contribution in [1.82, 2.24) is 10.3 Å². The molecule has 0 aliphatic heterocycles. The Hall–Kier alpha value is -5.43. The van der Waals surface area contributed by atoms with Gasteiger partial charge in [0.1, 0.15) is 11.6 Å². The van der Waals surface area contributed by atoms with Crippen molar-refractivity contribution in [1.29, 1.82) is 5.26 Å². The highest BCUT2D eigenvalue weighted by molar-refractivity contribution is 5.97. The van der Waals surface area contributed by atoms with Gasteiger partial charge >= 0.3 is 12.1 Å². The molecule has 4 aromatic carbocycles. The summed E-state index contributed by atoms with van der Waals surface area (Å²) in [6, 6.07) is 22.9. The number of nitrogens with zero attached hydrogens (tertiary/aromatic N) is 2. The van der Waals surface area contributed by atoms with Gasteiger partial charge in [0.25, 0.3) is 5.91 Å². The molecule has 0 saturated heterocycles. The number of alkyl halides is 3. The van der Waals surface area contributed by atoms with Crippen LogP contribution in [0.2, 0.25) is 0 Å². The van der Waals surface area contributed by atoms with Gasteiger partial charge in [0.15, 0.2) is 5.58 Å². The number of aromatic nitrogens is 1. The fourth-order valence-corrected chi connectivity index (χ4v) is 4.96. The summed E-state index contributed by atoms with van der Waals surface area (Å²) in [6.45, 7) is 4.01. The number of benzene rings is 4. The Bertz CT molecular complexity index is 1900. The van der Waals surface area contributed by atoms with E-state index in [4.69, 9.17) is 9.15 Å². The lowest BCUT2D eigenvalue weighted by atomic mass is 9.99. The number of hydrogen-bond donors (Lipinski definition) is 1. The predicted molar refractivity (Wildman–Crippen MR) is 162 cm³/mol. The van der Waals surface area contributed by atoms with Crippen LogP contribution in [0.15, 0.2) is 89.3 Å². The zero-order valence-electron chi connectivity index (χ0n) is 24.6. The van der Waals surface area contributed by atoms with Gasteiger partial charge in [0.2, 0.25) is 5.89 Å². The summed E-state index contributed by atoms with van der Waals surface area (Å²) in [7, 11) is 1.22. The van der Waals surface area contributed by atoms with E-state index in [-0.39, 0.29) is 12.3 Å². The highest BCUT2D eigenvalue weighted by Gasteiger charge is 2.30. The molecule has 1 N–H and O–H groups in total. The number of carbonyl (C=O) groups is 2. The molecule has 0 bridgehead atoms. The molecular formula is C35H28F3N3O4. The lowest BCUT2D eigenvalue weighted by Crippen LogP contribution is -2.43. The Labute approximate surface area is 257 Å². The first-order valence-corrected chi connectivity index (χ1v) is 14.1. The maximum absolute atomic E-state index is 13.1. The van der Waals surface area contributed by atoms with E-state index in [2.05, 4.69) is 16.4 Å². The Balaban J connectivity index is 1.31. The molecule has 1 amide bonds. The van der Waals surface area contributed by atoms with Gasteiger partial charge in [-0.15, -0.1) is 0 Å². The smallest absolute Gasteiger partial charge is 0.416 e. The van der Waals surface area contributed by atoms with Crippen LogP contribution in [0.1, 0.15) is 52.4 Å². The summed E-state index contributed by atoms with van der Waals surface area (Å²) in [4.78, 5) is 30.2. The van der Waals surface area contributed by atoms with E-state index in [9.17, 15) is 28.0 Å². The molecular weight excluding hydrogens is 583 g/mol. The summed E-state index contributed by atoms with van der Waals surface area (Å²) in [5, 5.41) is 12.1. The molecule has 0 spiro atoms. The first kappa shape index (κ1) is 31.0. The number of nitrogens with one attached hydrogen (secondary N) is 1.